The fourth-order valence-electron chi connectivity index (χ4n) is 1.14. The van der Waals surface area contributed by atoms with Crippen molar-refractivity contribution in [3.8, 4) is 0 Å². The molecule has 1 aromatic carbocycles. The molecule has 6 heteroatoms. The highest BCUT2D eigenvalue weighted by molar-refractivity contribution is 6.31. The third-order valence-electron chi connectivity index (χ3n) is 1.98. The van der Waals surface area contributed by atoms with Gasteiger partial charge in [0.25, 0.3) is 0 Å². The van der Waals surface area contributed by atoms with Gasteiger partial charge in [0.15, 0.2) is 0 Å². The number of hydrogen-bond acceptors (Lipinski definition) is 1. The summed E-state index contributed by atoms with van der Waals surface area (Å²) in [4.78, 5) is 0. The van der Waals surface area contributed by atoms with Crippen LogP contribution in [0.5, 0.6) is 0 Å². The Labute approximate surface area is 107 Å². The van der Waals surface area contributed by atoms with Crippen LogP contribution in [0.2, 0.25) is 5.02 Å². The van der Waals surface area contributed by atoms with Gasteiger partial charge in [0.1, 0.15) is 0 Å². The zero-order valence-corrected chi connectivity index (χ0v) is 10.4. The molecule has 0 bridgehead atoms. The highest BCUT2D eigenvalue weighted by Crippen LogP contribution is 2.33. The third kappa shape index (κ3) is 4.48. The third-order valence-corrected chi connectivity index (χ3v) is 2.57. The molecule has 0 aliphatic rings. The molecule has 0 aliphatic carbocycles. The van der Waals surface area contributed by atoms with Gasteiger partial charge in [-0.15, -0.1) is 0 Å². The van der Waals surface area contributed by atoms with Crippen molar-refractivity contribution in [1.82, 2.24) is 0 Å². The Morgan fingerprint density at radius 1 is 1.35 bits per heavy atom. The molecule has 0 radical (unpaired) electrons. The van der Waals surface area contributed by atoms with E-state index < -0.39 is 11.7 Å². The first-order valence-electron chi connectivity index (χ1n) is 4.70. The van der Waals surface area contributed by atoms with Gasteiger partial charge in [-0.3, -0.25) is 0 Å². The minimum absolute atomic E-state index is 0.0369. The summed E-state index contributed by atoms with van der Waals surface area (Å²) < 4.78 is 37.5. The molecule has 0 fully saturated rings. The van der Waals surface area contributed by atoms with Crippen LogP contribution in [0.25, 0.3) is 0 Å². The van der Waals surface area contributed by atoms with E-state index in [1.54, 1.807) is 6.92 Å². The predicted molar refractivity (Wildman–Crippen MR) is 64.6 cm³/mol. The van der Waals surface area contributed by atoms with E-state index in [4.69, 9.17) is 23.2 Å². The molecule has 0 atom stereocenters. The zero-order chi connectivity index (χ0) is 13.1. The highest BCUT2D eigenvalue weighted by Gasteiger charge is 2.31. The van der Waals surface area contributed by atoms with E-state index in [9.17, 15) is 13.2 Å². The van der Waals surface area contributed by atoms with Gasteiger partial charge in [-0.05, 0) is 30.7 Å². The first kappa shape index (κ1) is 14.2. The molecule has 17 heavy (non-hydrogen) atoms. The minimum atomic E-state index is -4.40. The molecule has 0 saturated carbocycles. The van der Waals surface area contributed by atoms with Crippen LogP contribution in [0, 0.1) is 0 Å². The molecule has 0 heterocycles. The smallest absolute Gasteiger partial charge is 0.381 e. The fraction of sp³-hybridized carbons (Fsp3) is 0.273. The van der Waals surface area contributed by atoms with Crippen molar-refractivity contribution in [3.63, 3.8) is 0 Å². The van der Waals surface area contributed by atoms with Crippen LogP contribution < -0.4 is 5.32 Å². The first-order valence-corrected chi connectivity index (χ1v) is 5.52. The minimum Gasteiger partial charge on any atom is -0.381 e. The SMILES string of the molecule is C/C(=C/Cl)CNc1cc(Cl)cc(C(F)(F)F)c1. The van der Waals surface area contributed by atoms with E-state index in [0.717, 1.165) is 17.7 Å². The summed E-state index contributed by atoms with van der Waals surface area (Å²) in [5.74, 6) is 0. The predicted octanol–water partition coefficient (Wildman–Crippen LogP) is 4.91. The lowest BCUT2D eigenvalue weighted by Crippen LogP contribution is -2.07. The molecule has 1 N–H and O–H groups in total. The molecule has 1 rings (SSSR count). The quantitative estimate of drug-likeness (QED) is 0.831. The molecule has 0 unspecified atom stereocenters. The Bertz CT molecular complexity index is 427. The molecule has 0 aromatic heterocycles. The number of halogens is 5. The Morgan fingerprint density at radius 2 is 2.00 bits per heavy atom. The van der Waals surface area contributed by atoms with Crippen molar-refractivity contribution < 1.29 is 13.2 Å². The highest BCUT2D eigenvalue weighted by atomic mass is 35.5. The van der Waals surface area contributed by atoms with E-state index in [1.165, 1.54) is 11.6 Å². The van der Waals surface area contributed by atoms with E-state index in [1.807, 2.05) is 0 Å². The van der Waals surface area contributed by atoms with Gasteiger partial charge in [0, 0.05) is 22.8 Å². The van der Waals surface area contributed by atoms with E-state index in [2.05, 4.69) is 5.32 Å². The molecule has 0 aliphatic heterocycles. The van der Waals surface area contributed by atoms with Crippen molar-refractivity contribution in [3.05, 3.63) is 39.9 Å². The van der Waals surface area contributed by atoms with Gasteiger partial charge in [-0.25, -0.2) is 0 Å². The lowest BCUT2D eigenvalue weighted by molar-refractivity contribution is -0.137. The van der Waals surface area contributed by atoms with Crippen molar-refractivity contribution in [2.75, 3.05) is 11.9 Å². The Morgan fingerprint density at radius 3 is 2.53 bits per heavy atom. The molecule has 1 aromatic rings. The van der Waals surface area contributed by atoms with Gasteiger partial charge >= 0.3 is 6.18 Å². The molecule has 0 saturated heterocycles. The van der Waals surface area contributed by atoms with E-state index >= 15 is 0 Å². The molecule has 0 amide bonds. The van der Waals surface area contributed by atoms with Gasteiger partial charge in [0.05, 0.1) is 5.56 Å². The Kier molecular flexibility index (Phi) is 4.71. The maximum atomic E-state index is 12.5. The van der Waals surface area contributed by atoms with Crippen LogP contribution >= 0.6 is 23.2 Å². The summed E-state index contributed by atoms with van der Waals surface area (Å²) in [5, 5.41) is 2.85. The lowest BCUT2D eigenvalue weighted by Gasteiger charge is -2.11. The first-order chi connectivity index (χ1) is 7.82. The fourth-order valence-corrected chi connectivity index (χ4v) is 1.45. The van der Waals surface area contributed by atoms with Gasteiger partial charge < -0.3 is 5.32 Å². The number of benzene rings is 1. The number of rotatable bonds is 3. The van der Waals surface area contributed by atoms with Crippen molar-refractivity contribution >= 4 is 28.9 Å². The summed E-state index contributed by atoms with van der Waals surface area (Å²) in [6.45, 7) is 2.12. The summed E-state index contributed by atoms with van der Waals surface area (Å²) in [6, 6.07) is 3.32. The van der Waals surface area contributed by atoms with E-state index in [0.29, 0.717) is 12.2 Å². The molecular weight excluding hydrogens is 274 g/mol. The summed E-state index contributed by atoms with van der Waals surface area (Å²) >= 11 is 11.1. The average Bonchev–Trinajstić information content (AvgIpc) is 2.24. The van der Waals surface area contributed by atoms with Crippen LogP contribution in [-0.2, 0) is 6.18 Å². The van der Waals surface area contributed by atoms with Gasteiger partial charge in [0.2, 0.25) is 0 Å². The Hall–Kier alpha value is -0.870. The van der Waals surface area contributed by atoms with Crippen molar-refractivity contribution in [2.45, 2.75) is 13.1 Å². The second kappa shape index (κ2) is 5.65. The largest absolute Gasteiger partial charge is 0.416 e. The number of nitrogens with one attached hydrogen (secondary N) is 1. The topological polar surface area (TPSA) is 12.0 Å². The zero-order valence-electron chi connectivity index (χ0n) is 8.91. The standard InChI is InChI=1S/C11H10Cl2F3N/c1-7(5-12)6-17-10-3-8(11(14,15)16)2-9(13)4-10/h2-5,17H,6H2,1H3/b7-5-. The second-order valence-electron chi connectivity index (χ2n) is 3.54. The van der Waals surface area contributed by atoms with Crippen LogP contribution in [0.15, 0.2) is 29.3 Å². The number of alkyl halides is 3. The van der Waals surface area contributed by atoms with Crippen LogP contribution in [0.1, 0.15) is 12.5 Å². The monoisotopic (exact) mass is 283 g/mol. The van der Waals surface area contributed by atoms with Crippen LogP contribution in [0.3, 0.4) is 0 Å². The maximum absolute atomic E-state index is 12.5. The number of anilines is 1. The molecule has 0 spiro atoms. The lowest BCUT2D eigenvalue weighted by atomic mass is 10.2. The summed E-state index contributed by atoms with van der Waals surface area (Å²) in [5.41, 5.74) is 1.70. The maximum Gasteiger partial charge on any atom is 0.416 e. The average molecular weight is 284 g/mol. The molecular formula is C11H10Cl2F3N. The van der Waals surface area contributed by atoms with Gasteiger partial charge in [-0.2, -0.15) is 13.2 Å². The summed E-state index contributed by atoms with van der Waals surface area (Å²) in [6.07, 6.45) is -4.40. The van der Waals surface area contributed by atoms with Crippen molar-refractivity contribution in [2.24, 2.45) is 0 Å². The summed E-state index contributed by atoms with van der Waals surface area (Å²) in [7, 11) is 0. The second-order valence-corrected chi connectivity index (χ2v) is 4.19. The number of hydrogen-bond donors (Lipinski definition) is 1. The molecule has 94 valence electrons. The normalized spacial score (nSPS) is 12.7. The van der Waals surface area contributed by atoms with E-state index in [-0.39, 0.29) is 5.02 Å². The van der Waals surface area contributed by atoms with Crippen LogP contribution in [0.4, 0.5) is 18.9 Å². The molecule has 1 nitrogen and oxygen atoms in total. The van der Waals surface area contributed by atoms with Gasteiger partial charge in [-0.1, -0.05) is 23.2 Å². The Balaban J connectivity index is 2.91. The van der Waals surface area contributed by atoms with Crippen molar-refractivity contribution in [1.29, 1.82) is 0 Å². The van der Waals surface area contributed by atoms with Crippen LogP contribution in [-0.4, -0.2) is 6.54 Å².